The molecular formula is C15H27NO3. The summed E-state index contributed by atoms with van der Waals surface area (Å²) < 4.78 is 5.59. The van der Waals surface area contributed by atoms with Gasteiger partial charge in [-0.1, -0.05) is 20.8 Å². The van der Waals surface area contributed by atoms with Crippen molar-refractivity contribution in [2.75, 3.05) is 13.2 Å². The van der Waals surface area contributed by atoms with E-state index in [4.69, 9.17) is 4.74 Å². The Kier molecular flexibility index (Phi) is 4.21. The van der Waals surface area contributed by atoms with Gasteiger partial charge in [0.05, 0.1) is 6.10 Å². The molecule has 0 aromatic heterocycles. The van der Waals surface area contributed by atoms with Crippen LogP contribution in [0.15, 0.2) is 0 Å². The van der Waals surface area contributed by atoms with Crippen LogP contribution >= 0.6 is 0 Å². The van der Waals surface area contributed by atoms with Gasteiger partial charge < -0.3 is 9.84 Å². The third-order valence-electron chi connectivity index (χ3n) is 4.48. The van der Waals surface area contributed by atoms with Crippen LogP contribution in [0.2, 0.25) is 0 Å². The summed E-state index contributed by atoms with van der Waals surface area (Å²) >= 11 is 0. The Morgan fingerprint density at radius 1 is 1.42 bits per heavy atom. The minimum absolute atomic E-state index is 0.0829. The van der Waals surface area contributed by atoms with E-state index in [9.17, 15) is 9.90 Å². The predicted molar refractivity (Wildman–Crippen MR) is 74.1 cm³/mol. The van der Waals surface area contributed by atoms with E-state index < -0.39 is 11.5 Å². The fraction of sp³-hybridized carbons (Fsp3) is 0.933. The van der Waals surface area contributed by atoms with Crippen LogP contribution in [-0.4, -0.2) is 35.9 Å². The molecule has 1 aliphatic heterocycles. The average Bonchev–Trinajstić information content (AvgIpc) is 2.76. The highest BCUT2D eigenvalue weighted by molar-refractivity contribution is 5.79. The second-order valence-corrected chi connectivity index (χ2v) is 7.26. The van der Waals surface area contributed by atoms with Gasteiger partial charge in [0.2, 0.25) is 0 Å². The number of ether oxygens (including phenoxy) is 1. The first-order valence-electron chi connectivity index (χ1n) is 7.43. The van der Waals surface area contributed by atoms with Crippen LogP contribution in [-0.2, 0) is 9.53 Å². The van der Waals surface area contributed by atoms with Crippen molar-refractivity contribution >= 4 is 5.97 Å². The first kappa shape index (κ1) is 14.8. The van der Waals surface area contributed by atoms with Crippen molar-refractivity contribution in [2.24, 2.45) is 11.3 Å². The van der Waals surface area contributed by atoms with Crippen molar-refractivity contribution in [1.82, 2.24) is 5.32 Å². The SMILES string of the molecule is CC1CC(C)(C)CC(NCC2CCCO2)(C(=O)O)C1. The molecule has 0 spiro atoms. The van der Waals surface area contributed by atoms with Gasteiger partial charge in [-0.2, -0.15) is 0 Å². The van der Waals surface area contributed by atoms with Gasteiger partial charge in [0.15, 0.2) is 0 Å². The molecule has 2 N–H and O–H groups in total. The van der Waals surface area contributed by atoms with Gasteiger partial charge in [-0.25, -0.2) is 0 Å². The minimum Gasteiger partial charge on any atom is -0.480 e. The molecule has 4 heteroatoms. The molecule has 0 radical (unpaired) electrons. The third-order valence-corrected chi connectivity index (χ3v) is 4.48. The van der Waals surface area contributed by atoms with E-state index >= 15 is 0 Å². The van der Waals surface area contributed by atoms with E-state index in [2.05, 4.69) is 26.1 Å². The second kappa shape index (κ2) is 5.41. The molecule has 0 amide bonds. The lowest BCUT2D eigenvalue weighted by molar-refractivity contribution is -0.149. The molecule has 1 heterocycles. The number of carboxylic acids is 1. The van der Waals surface area contributed by atoms with E-state index in [1.807, 2.05) is 0 Å². The van der Waals surface area contributed by atoms with Crippen LogP contribution in [0.25, 0.3) is 0 Å². The second-order valence-electron chi connectivity index (χ2n) is 7.26. The summed E-state index contributed by atoms with van der Waals surface area (Å²) in [6.45, 7) is 7.98. The molecule has 1 saturated heterocycles. The lowest BCUT2D eigenvalue weighted by Gasteiger charge is -2.46. The maximum absolute atomic E-state index is 11.8. The molecule has 1 aliphatic carbocycles. The van der Waals surface area contributed by atoms with Crippen molar-refractivity contribution in [3.05, 3.63) is 0 Å². The third kappa shape index (κ3) is 3.48. The van der Waals surface area contributed by atoms with Gasteiger partial charge in [-0.15, -0.1) is 0 Å². The Labute approximate surface area is 115 Å². The Hall–Kier alpha value is -0.610. The summed E-state index contributed by atoms with van der Waals surface area (Å²) in [7, 11) is 0. The maximum atomic E-state index is 11.8. The average molecular weight is 269 g/mol. The highest BCUT2D eigenvalue weighted by Gasteiger charge is 2.48. The number of nitrogens with one attached hydrogen (secondary N) is 1. The van der Waals surface area contributed by atoms with E-state index in [-0.39, 0.29) is 11.5 Å². The first-order chi connectivity index (χ1) is 8.83. The lowest BCUT2D eigenvalue weighted by atomic mass is 9.64. The van der Waals surface area contributed by atoms with E-state index in [1.54, 1.807) is 0 Å². The largest absolute Gasteiger partial charge is 0.480 e. The topological polar surface area (TPSA) is 58.6 Å². The number of carboxylic acid groups (broad SMARTS) is 1. The number of hydrogen-bond acceptors (Lipinski definition) is 3. The molecule has 3 atom stereocenters. The van der Waals surface area contributed by atoms with E-state index in [0.29, 0.717) is 18.9 Å². The zero-order valence-electron chi connectivity index (χ0n) is 12.4. The highest BCUT2D eigenvalue weighted by atomic mass is 16.5. The van der Waals surface area contributed by atoms with Crippen LogP contribution in [0.4, 0.5) is 0 Å². The molecule has 0 aromatic rings. The normalized spacial score (nSPS) is 38.3. The van der Waals surface area contributed by atoms with Gasteiger partial charge in [-0.05, 0) is 43.4 Å². The summed E-state index contributed by atoms with van der Waals surface area (Å²) in [5.41, 5.74) is -0.688. The minimum atomic E-state index is -0.771. The summed E-state index contributed by atoms with van der Waals surface area (Å²) in [6, 6.07) is 0. The molecule has 110 valence electrons. The fourth-order valence-corrected chi connectivity index (χ4v) is 4.06. The summed E-state index contributed by atoms with van der Waals surface area (Å²) in [4.78, 5) is 11.8. The van der Waals surface area contributed by atoms with Crippen LogP contribution in [0, 0.1) is 11.3 Å². The van der Waals surface area contributed by atoms with Gasteiger partial charge in [-0.3, -0.25) is 10.1 Å². The zero-order valence-corrected chi connectivity index (χ0v) is 12.4. The van der Waals surface area contributed by atoms with Gasteiger partial charge >= 0.3 is 5.97 Å². The number of rotatable bonds is 4. The van der Waals surface area contributed by atoms with Crippen molar-refractivity contribution in [3.8, 4) is 0 Å². The van der Waals surface area contributed by atoms with E-state index in [1.165, 1.54) is 0 Å². The van der Waals surface area contributed by atoms with Crippen molar-refractivity contribution in [1.29, 1.82) is 0 Å². The van der Waals surface area contributed by atoms with Crippen molar-refractivity contribution < 1.29 is 14.6 Å². The van der Waals surface area contributed by atoms with Crippen LogP contribution < -0.4 is 5.32 Å². The summed E-state index contributed by atoms with van der Waals surface area (Å²) in [6.07, 6.45) is 4.85. The lowest BCUT2D eigenvalue weighted by Crippen LogP contribution is -2.59. The van der Waals surface area contributed by atoms with Gasteiger partial charge in [0.25, 0.3) is 0 Å². The molecular weight excluding hydrogens is 242 g/mol. The molecule has 1 saturated carbocycles. The number of hydrogen-bond donors (Lipinski definition) is 2. The summed E-state index contributed by atoms with van der Waals surface area (Å²) in [5, 5.41) is 13.0. The fourth-order valence-electron chi connectivity index (χ4n) is 4.06. The summed E-state index contributed by atoms with van der Waals surface area (Å²) in [5.74, 6) is -0.262. The Morgan fingerprint density at radius 3 is 2.68 bits per heavy atom. The Balaban J connectivity index is 2.05. The van der Waals surface area contributed by atoms with E-state index in [0.717, 1.165) is 32.3 Å². The standard InChI is InChI=1S/C15H27NO3/c1-11-7-14(2,3)10-15(8-11,13(17)18)16-9-12-5-4-6-19-12/h11-12,16H,4-10H2,1-3H3,(H,17,18). The molecule has 3 unspecified atom stereocenters. The number of carbonyl (C=O) groups is 1. The van der Waals surface area contributed by atoms with Crippen LogP contribution in [0.5, 0.6) is 0 Å². The van der Waals surface area contributed by atoms with Crippen molar-refractivity contribution in [2.45, 2.75) is 64.5 Å². The molecule has 4 nitrogen and oxygen atoms in total. The molecule has 19 heavy (non-hydrogen) atoms. The van der Waals surface area contributed by atoms with Gasteiger partial charge in [0, 0.05) is 13.2 Å². The molecule has 0 aromatic carbocycles. The van der Waals surface area contributed by atoms with Crippen molar-refractivity contribution in [3.63, 3.8) is 0 Å². The first-order valence-corrected chi connectivity index (χ1v) is 7.43. The monoisotopic (exact) mass is 269 g/mol. The Bertz CT molecular complexity index is 336. The molecule has 2 fully saturated rings. The van der Waals surface area contributed by atoms with Gasteiger partial charge in [0.1, 0.15) is 5.54 Å². The Morgan fingerprint density at radius 2 is 2.16 bits per heavy atom. The molecule has 2 rings (SSSR count). The van der Waals surface area contributed by atoms with Crippen LogP contribution in [0.1, 0.15) is 52.9 Å². The quantitative estimate of drug-likeness (QED) is 0.823. The molecule has 0 bridgehead atoms. The smallest absolute Gasteiger partial charge is 0.323 e. The predicted octanol–water partition coefficient (Wildman–Crippen LogP) is 2.42. The van der Waals surface area contributed by atoms with Crippen LogP contribution in [0.3, 0.4) is 0 Å². The zero-order chi connectivity index (χ0) is 14.1. The highest BCUT2D eigenvalue weighted by Crippen LogP contribution is 2.44. The maximum Gasteiger partial charge on any atom is 0.323 e. The number of aliphatic carboxylic acids is 1. The molecule has 2 aliphatic rings.